The molecule has 0 fully saturated rings. The minimum Gasteiger partial charge on any atom is -0.348 e. The van der Waals surface area contributed by atoms with Crippen molar-refractivity contribution in [3.05, 3.63) is 48.0 Å². The number of hydrogen-bond acceptors (Lipinski definition) is 4. The zero-order valence-corrected chi connectivity index (χ0v) is 11.9. The first kappa shape index (κ1) is 14.9. The molecule has 0 bridgehead atoms. The molecule has 6 heteroatoms. The van der Waals surface area contributed by atoms with Crippen LogP contribution in [0.2, 0.25) is 0 Å². The predicted molar refractivity (Wildman–Crippen MR) is 78.9 cm³/mol. The number of carbonyl (C=O) groups is 1. The normalized spacial score (nSPS) is 11.8. The summed E-state index contributed by atoms with van der Waals surface area (Å²) in [6.45, 7) is 3.91. The van der Waals surface area contributed by atoms with E-state index in [1.807, 2.05) is 13.8 Å². The molecule has 0 aliphatic heterocycles. The molecule has 1 unspecified atom stereocenters. The molecule has 1 aromatic heterocycles. The summed E-state index contributed by atoms with van der Waals surface area (Å²) in [6.07, 6.45) is 2.32. The highest BCUT2D eigenvalue weighted by Crippen LogP contribution is 2.14. The van der Waals surface area contributed by atoms with Gasteiger partial charge >= 0.3 is 0 Å². The van der Waals surface area contributed by atoms with Gasteiger partial charge in [0, 0.05) is 17.9 Å². The van der Waals surface area contributed by atoms with Gasteiger partial charge in [0.15, 0.2) is 0 Å². The maximum atomic E-state index is 13.1. The Kier molecular flexibility index (Phi) is 4.81. The van der Waals surface area contributed by atoms with Gasteiger partial charge in [-0.15, -0.1) is 0 Å². The van der Waals surface area contributed by atoms with Crippen LogP contribution in [-0.2, 0) is 0 Å². The van der Waals surface area contributed by atoms with Gasteiger partial charge in [0.1, 0.15) is 11.5 Å². The average Bonchev–Trinajstić information content (AvgIpc) is 2.47. The lowest BCUT2D eigenvalue weighted by atomic mass is 10.2. The second-order valence-electron chi connectivity index (χ2n) is 4.68. The minimum absolute atomic E-state index is 0.0760. The first-order chi connectivity index (χ1) is 10.1. The van der Waals surface area contributed by atoms with E-state index in [2.05, 4.69) is 20.6 Å². The van der Waals surface area contributed by atoms with Crippen molar-refractivity contribution >= 4 is 17.5 Å². The highest BCUT2D eigenvalue weighted by molar-refractivity contribution is 5.92. The molecule has 2 N–H and O–H groups in total. The topological polar surface area (TPSA) is 66.9 Å². The molecule has 0 aliphatic rings. The van der Waals surface area contributed by atoms with Crippen molar-refractivity contribution in [2.45, 2.75) is 26.3 Å². The summed E-state index contributed by atoms with van der Waals surface area (Å²) in [4.78, 5) is 20.1. The molecule has 0 radical (unpaired) electrons. The number of nitrogens with zero attached hydrogens (tertiary/aromatic N) is 2. The van der Waals surface area contributed by atoms with Crippen molar-refractivity contribution in [1.82, 2.24) is 15.3 Å². The average molecular weight is 288 g/mol. The molecule has 110 valence electrons. The van der Waals surface area contributed by atoms with Crippen molar-refractivity contribution in [2.24, 2.45) is 0 Å². The van der Waals surface area contributed by atoms with Crippen LogP contribution in [0.15, 0.2) is 36.5 Å². The van der Waals surface area contributed by atoms with E-state index in [1.54, 1.807) is 12.1 Å². The number of rotatable bonds is 5. The number of amides is 1. The predicted octanol–water partition coefficient (Wildman–Crippen LogP) is 2.89. The molecule has 0 saturated carbocycles. The summed E-state index contributed by atoms with van der Waals surface area (Å²) in [5, 5.41) is 5.69. The van der Waals surface area contributed by atoms with E-state index in [4.69, 9.17) is 0 Å². The van der Waals surface area contributed by atoms with Crippen LogP contribution < -0.4 is 10.6 Å². The molecule has 0 spiro atoms. The highest BCUT2D eigenvalue weighted by atomic mass is 19.1. The molecule has 1 heterocycles. The fraction of sp³-hybridized carbons (Fsp3) is 0.267. The van der Waals surface area contributed by atoms with Crippen molar-refractivity contribution in [3.63, 3.8) is 0 Å². The Morgan fingerprint density at radius 1 is 1.38 bits per heavy atom. The van der Waals surface area contributed by atoms with Crippen LogP contribution in [-0.4, -0.2) is 21.9 Å². The number of benzene rings is 1. The molecule has 1 amide bonds. The number of anilines is 2. The molecule has 2 rings (SSSR count). The van der Waals surface area contributed by atoms with Gasteiger partial charge in [-0.05, 0) is 37.6 Å². The zero-order chi connectivity index (χ0) is 15.2. The maximum Gasteiger partial charge on any atom is 0.270 e. The fourth-order valence-corrected chi connectivity index (χ4v) is 1.64. The monoisotopic (exact) mass is 288 g/mol. The van der Waals surface area contributed by atoms with Crippen molar-refractivity contribution in [1.29, 1.82) is 0 Å². The van der Waals surface area contributed by atoms with Crippen LogP contribution in [0.4, 0.5) is 16.0 Å². The molecule has 2 aromatic rings. The number of halogens is 1. The Hall–Kier alpha value is -2.50. The van der Waals surface area contributed by atoms with E-state index in [-0.39, 0.29) is 29.4 Å². The fourth-order valence-electron chi connectivity index (χ4n) is 1.64. The van der Waals surface area contributed by atoms with Gasteiger partial charge < -0.3 is 10.6 Å². The van der Waals surface area contributed by atoms with Crippen LogP contribution in [0.5, 0.6) is 0 Å². The quantitative estimate of drug-likeness (QED) is 0.887. The van der Waals surface area contributed by atoms with Crippen LogP contribution in [0.1, 0.15) is 30.8 Å². The van der Waals surface area contributed by atoms with E-state index in [0.29, 0.717) is 5.69 Å². The van der Waals surface area contributed by atoms with E-state index in [9.17, 15) is 9.18 Å². The second kappa shape index (κ2) is 6.78. The molecule has 21 heavy (non-hydrogen) atoms. The maximum absolute atomic E-state index is 13.1. The lowest BCUT2D eigenvalue weighted by Crippen LogP contribution is -2.32. The lowest BCUT2D eigenvalue weighted by molar-refractivity contribution is 0.0934. The van der Waals surface area contributed by atoms with Crippen molar-refractivity contribution < 1.29 is 9.18 Å². The molecule has 0 saturated heterocycles. The molecule has 5 nitrogen and oxygen atoms in total. The lowest BCUT2D eigenvalue weighted by Gasteiger charge is -2.11. The summed E-state index contributed by atoms with van der Waals surface area (Å²) in [5.74, 6) is -0.364. The third-order valence-electron chi connectivity index (χ3n) is 2.96. The summed E-state index contributed by atoms with van der Waals surface area (Å²) < 4.78 is 13.1. The van der Waals surface area contributed by atoms with E-state index in [0.717, 1.165) is 6.42 Å². The molecular formula is C15H17FN4O. The van der Waals surface area contributed by atoms with Crippen LogP contribution in [0, 0.1) is 5.82 Å². The number of hydrogen-bond donors (Lipinski definition) is 2. The molecular weight excluding hydrogens is 271 g/mol. The summed E-state index contributed by atoms with van der Waals surface area (Å²) in [6, 6.07) is 7.56. The van der Waals surface area contributed by atoms with Gasteiger partial charge in [-0.25, -0.2) is 14.4 Å². The Bertz CT molecular complexity index is 633. The van der Waals surface area contributed by atoms with Gasteiger partial charge in [0.2, 0.25) is 5.95 Å². The Labute approximate surface area is 122 Å². The van der Waals surface area contributed by atoms with Crippen LogP contribution >= 0.6 is 0 Å². The minimum atomic E-state index is -0.356. The second-order valence-corrected chi connectivity index (χ2v) is 4.68. The Balaban J connectivity index is 2.12. The third kappa shape index (κ3) is 4.24. The molecule has 1 aromatic carbocycles. The van der Waals surface area contributed by atoms with Gasteiger partial charge in [0.25, 0.3) is 5.91 Å². The van der Waals surface area contributed by atoms with E-state index in [1.165, 1.54) is 24.4 Å². The SMILES string of the molecule is CCC(C)NC(=O)c1ccnc(Nc2cccc(F)c2)n1. The highest BCUT2D eigenvalue weighted by Gasteiger charge is 2.11. The summed E-state index contributed by atoms with van der Waals surface area (Å²) in [5.41, 5.74) is 0.790. The van der Waals surface area contributed by atoms with Crippen molar-refractivity contribution in [2.75, 3.05) is 5.32 Å². The number of aromatic nitrogens is 2. The van der Waals surface area contributed by atoms with Crippen LogP contribution in [0.25, 0.3) is 0 Å². The number of nitrogens with one attached hydrogen (secondary N) is 2. The van der Waals surface area contributed by atoms with Gasteiger partial charge in [-0.2, -0.15) is 0 Å². The largest absolute Gasteiger partial charge is 0.348 e. The van der Waals surface area contributed by atoms with Gasteiger partial charge in [-0.1, -0.05) is 13.0 Å². The standard InChI is InChI=1S/C15H17FN4O/c1-3-10(2)18-14(21)13-7-8-17-15(20-13)19-12-6-4-5-11(16)9-12/h4-10H,3H2,1-2H3,(H,18,21)(H,17,19,20). The summed E-state index contributed by atoms with van der Waals surface area (Å²) >= 11 is 0. The van der Waals surface area contributed by atoms with Gasteiger partial charge in [0.05, 0.1) is 0 Å². The van der Waals surface area contributed by atoms with E-state index >= 15 is 0 Å². The number of carbonyl (C=O) groups excluding carboxylic acids is 1. The molecule has 0 aliphatic carbocycles. The van der Waals surface area contributed by atoms with E-state index < -0.39 is 0 Å². The first-order valence-electron chi connectivity index (χ1n) is 6.75. The van der Waals surface area contributed by atoms with Crippen molar-refractivity contribution in [3.8, 4) is 0 Å². The molecule has 1 atom stereocenters. The first-order valence-corrected chi connectivity index (χ1v) is 6.75. The summed E-state index contributed by atoms with van der Waals surface area (Å²) in [7, 11) is 0. The Morgan fingerprint density at radius 2 is 2.19 bits per heavy atom. The zero-order valence-electron chi connectivity index (χ0n) is 11.9. The third-order valence-corrected chi connectivity index (χ3v) is 2.96. The smallest absolute Gasteiger partial charge is 0.270 e. The van der Waals surface area contributed by atoms with Crippen LogP contribution in [0.3, 0.4) is 0 Å². The Morgan fingerprint density at radius 3 is 2.90 bits per heavy atom. The van der Waals surface area contributed by atoms with Gasteiger partial charge in [-0.3, -0.25) is 4.79 Å².